The Kier molecular flexibility index (Phi) is 10.5. The number of thiol groups is 1. The van der Waals surface area contributed by atoms with Crippen molar-refractivity contribution in [1.82, 2.24) is 5.32 Å². The molecule has 3 atom stereocenters. The minimum absolute atomic E-state index is 0.177. The summed E-state index contributed by atoms with van der Waals surface area (Å²) >= 11 is 5.97. The Hall–Kier alpha value is -1.47. The summed E-state index contributed by atoms with van der Waals surface area (Å²) in [5.74, 6) is -0.939. The molecule has 0 saturated heterocycles. The lowest BCUT2D eigenvalue weighted by Crippen LogP contribution is -2.48. The predicted octanol–water partition coefficient (Wildman–Crippen LogP) is 2.84. The minimum Gasteiger partial charge on any atom is -0.464 e. The van der Waals surface area contributed by atoms with Crippen molar-refractivity contribution in [3.05, 3.63) is 35.4 Å². The molecule has 0 aliphatic heterocycles. The van der Waals surface area contributed by atoms with E-state index in [1.165, 1.54) is 6.92 Å². The third kappa shape index (κ3) is 7.58. The zero-order valence-corrected chi connectivity index (χ0v) is 18.1. The molecule has 7 heteroatoms. The molecule has 0 bridgehead atoms. The van der Waals surface area contributed by atoms with Crippen LogP contribution in [0.2, 0.25) is 0 Å². The summed E-state index contributed by atoms with van der Waals surface area (Å²) < 4.78 is 5.08. The van der Waals surface area contributed by atoms with Crippen molar-refractivity contribution in [2.45, 2.75) is 44.9 Å². The molecule has 27 heavy (non-hydrogen) atoms. The van der Waals surface area contributed by atoms with Gasteiger partial charge in [0, 0.05) is 0 Å². The molecule has 0 aliphatic carbocycles. The van der Waals surface area contributed by atoms with Crippen LogP contribution in [-0.2, 0) is 25.5 Å². The molecule has 0 aliphatic rings. The third-order valence-electron chi connectivity index (χ3n) is 4.33. The van der Waals surface area contributed by atoms with E-state index in [-0.39, 0.29) is 18.3 Å². The van der Waals surface area contributed by atoms with E-state index in [4.69, 9.17) is 4.74 Å². The number of rotatable bonds is 11. The van der Waals surface area contributed by atoms with E-state index < -0.39 is 23.2 Å². The summed E-state index contributed by atoms with van der Waals surface area (Å²) in [6.45, 7) is 5.36. The zero-order valence-electron chi connectivity index (χ0n) is 16.4. The Balaban J connectivity index is 3.01. The van der Waals surface area contributed by atoms with Gasteiger partial charge in [0.2, 0.25) is 5.91 Å². The van der Waals surface area contributed by atoms with Gasteiger partial charge < -0.3 is 10.1 Å². The lowest BCUT2D eigenvalue weighted by atomic mass is 9.91. The molecular formula is C20H29NO4S2. The summed E-state index contributed by atoms with van der Waals surface area (Å²) in [5.41, 5.74) is 2.03. The van der Waals surface area contributed by atoms with Crippen molar-refractivity contribution in [1.29, 1.82) is 0 Å². The van der Waals surface area contributed by atoms with Gasteiger partial charge in [-0.25, -0.2) is 4.79 Å². The minimum atomic E-state index is -0.743. The number of carbonyl (C=O) groups excluding carboxylic acids is 3. The summed E-state index contributed by atoms with van der Waals surface area (Å²) in [5, 5.41) is 2.04. The van der Waals surface area contributed by atoms with Crippen molar-refractivity contribution in [2.75, 3.05) is 18.6 Å². The van der Waals surface area contributed by atoms with Gasteiger partial charge in [0.05, 0.1) is 17.8 Å². The second kappa shape index (κ2) is 12.1. The molecule has 0 saturated carbocycles. The highest BCUT2D eigenvalue weighted by Gasteiger charge is 2.32. The highest BCUT2D eigenvalue weighted by Crippen LogP contribution is 2.21. The van der Waals surface area contributed by atoms with Gasteiger partial charge in [0.15, 0.2) is 0 Å². The molecule has 1 N–H and O–H groups in total. The average molecular weight is 412 g/mol. The second-order valence-electron chi connectivity index (χ2n) is 6.39. The maximum atomic E-state index is 13.0. The average Bonchev–Trinajstić information content (AvgIpc) is 2.63. The Morgan fingerprint density at radius 1 is 1.26 bits per heavy atom. The third-order valence-corrected chi connectivity index (χ3v) is 5.70. The van der Waals surface area contributed by atoms with Gasteiger partial charge in [-0.3, -0.25) is 9.59 Å². The van der Waals surface area contributed by atoms with Crippen molar-refractivity contribution in [3.63, 3.8) is 0 Å². The Morgan fingerprint density at radius 2 is 1.93 bits per heavy atom. The Labute approximate surface area is 171 Å². The van der Waals surface area contributed by atoms with Crippen molar-refractivity contribution >= 4 is 42.1 Å². The Morgan fingerprint density at radius 3 is 2.48 bits per heavy atom. The molecule has 0 aromatic heterocycles. The first-order chi connectivity index (χ1) is 12.8. The van der Waals surface area contributed by atoms with Gasteiger partial charge in [-0.05, 0) is 56.7 Å². The first kappa shape index (κ1) is 23.6. The summed E-state index contributed by atoms with van der Waals surface area (Å²) in [6.07, 6.45) is 2.79. The molecule has 1 unspecified atom stereocenters. The van der Waals surface area contributed by atoms with Gasteiger partial charge in [-0.2, -0.15) is 24.4 Å². The number of esters is 1. The van der Waals surface area contributed by atoms with E-state index in [2.05, 4.69) is 17.9 Å². The number of benzene rings is 1. The predicted molar refractivity (Wildman–Crippen MR) is 113 cm³/mol. The number of ketones is 1. The number of aryl methyl sites for hydroxylation is 1. The fourth-order valence-corrected chi connectivity index (χ4v) is 3.43. The second-order valence-corrected chi connectivity index (χ2v) is 7.93. The molecule has 0 spiro atoms. The summed E-state index contributed by atoms with van der Waals surface area (Å²) in [7, 11) is 0. The van der Waals surface area contributed by atoms with Gasteiger partial charge >= 0.3 is 5.97 Å². The molecular weight excluding hydrogens is 382 g/mol. The van der Waals surface area contributed by atoms with E-state index in [9.17, 15) is 14.4 Å². The van der Waals surface area contributed by atoms with Crippen LogP contribution in [0.4, 0.5) is 0 Å². The van der Waals surface area contributed by atoms with Crippen LogP contribution in [0.25, 0.3) is 0 Å². The maximum absolute atomic E-state index is 13.0. The fraction of sp³-hybridized carbons (Fsp3) is 0.550. The molecule has 5 nitrogen and oxygen atoms in total. The van der Waals surface area contributed by atoms with Crippen LogP contribution in [-0.4, -0.2) is 47.6 Å². The number of hydrogen-bond acceptors (Lipinski definition) is 6. The van der Waals surface area contributed by atoms with Crippen LogP contribution < -0.4 is 5.32 Å². The van der Waals surface area contributed by atoms with Crippen LogP contribution >= 0.6 is 24.4 Å². The number of Topliss-reactive ketones (excluding diaryl/α,β-unsaturated/α-hetero) is 1. The van der Waals surface area contributed by atoms with E-state index >= 15 is 0 Å². The summed E-state index contributed by atoms with van der Waals surface area (Å²) in [6, 6.07) is 7.00. The molecule has 0 fully saturated rings. The van der Waals surface area contributed by atoms with Crippen molar-refractivity contribution in [3.8, 4) is 0 Å². The van der Waals surface area contributed by atoms with Crippen LogP contribution in [0, 0.1) is 12.8 Å². The zero-order chi connectivity index (χ0) is 20.4. The molecule has 0 heterocycles. The smallest absolute Gasteiger partial charge is 0.328 e. The van der Waals surface area contributed by atoms with Crippen LogP contribution in [0.1, 0.15) is 31.4 Å². The van der Waals surface area contributed by atoms with Gasteiger partial charge in [-0.15, -0.1) is 0 Å². The number of amides is 1. The molecule has 1 aromatic carbocycles. The standard InChI is InChI=1S/C20H29NO4S2/c1-5-25-20(24)17(10-11-27-4)21-19(23)16(18(26)14(3)22)12-15-9-7-6-8-13(15)2/h6-9,16-18,26H,5,10-12H2,1-4H3,(H,21,23)/t16?,17-,18+/m0/s1. The van der Waals surface area contributed by atoms with Crippen LogP contribution in [0.15, 0.2) is 24.3 Å². The number of nitrogens with one attached hydrogen (secondary N) is 1. The SMILES string of the molecule is CCOC(=O)[C@H](CCSC)NC(=O)C(Cc1ccccc1C)[C@H](S)C(C)=O. The molecule has 150 valence electrons. The summed E-state index contributed by atoms with van der Waals surface area (Å²) in [4.78, 5) is 37.1. The number of carbonyl (C=O) groups is 3. The van der Waals surface area contributed by atoms with E-state index in [0.717, 1.165) is 11.1 Å². The number of ether oxygens (including phenoxy) is 1. The maximum Gasteiger partial charge on any atom is 0.328 e. The number of hydrogen-bond donors (Lipinski definition) is 2. The lowest BCUT2D eigenvalue weighted by Gasteiger charge is -2.24. The number of thioether (sulfide) groups is 1. The normalized spacial score (nSPS) is 14.1. The lowest BCUT2D eigenvalue weighted by molar-refractivity contribution is -0.148. The van der Waals surface area contributed by atoms with Crippen LogP contribution in [0.5, 0.6) is 0 Å². The highest BCUT2D eigenvalue weighted by atomic mass is 32.2. The van der Waals surface area contributed by atoms with E-state index in [0.29, 0.717) is 18.6 Å². The van der Waals surface area contributed by atoms with E-state index in [1.54, 1.807) is 18.7 Å². The van der Waals surface area contributed by atoms with Gasteiger partial charge in [0.25, 0.3) is 0 Å². The highest BCUT2D eigenvalue weighted by molar-refractivity contribution is 7.98. The molecule has 0 radical (unpaired) electrons. The van der Waals surface area contributed by atoms with Crippen molar-refractivity contribution < 1.29 is 19.1 Å². The molecule has 1 rings (SSSR count). The fourth-order valence-electron chi connectivity index (χ4n) is 2.71. The van der Waals surface area contributed by atoms with Crippen molar-refractivity contribution in [2.24, 2.45) is 5.92 Å². The first-order valence-corrected chi connectivity index (χ1v) is 10.9. The van der Waals surface area contributed by atoms with Crippen LogP contribution in [0.3, 0.4) is 0 Å². The monoisotopic (exact) mass is 411 g/mol. The molecule has 1 amide bonds. The topological polar surface area (TPSA) is 72.5 Å². The van der Waals surface area contributed by atoms with Gasteiger partial charge in [0.1, 0.15) is 11.8 Å². The Bertz CT molecular complexity index is 651. The largest absolute Gasteiger partial charge is 0.464 e. The van der Waals surface area contributed by atoms with Gasteiger partial charge in [-0.1, -0.05) is 24.3 Å². The van der Waals surface area contributed by atoms with E-state index in [1.807, 2.05) is 37.4 Å². The first-order valence-electron chi connectivity index (χ1n) is 9.00. The quantitative estimate of drug-likeness (QED) is 0.433. The molecule has 1 aromatic rings.